The lowest BCUT2D eigenvalue weighted by Gasteiger charge is -2.31. The van der Waals surface area contributed by atoms with Gasteiger partial charge < -0.3 is 5.73 Å². The number of hydrogen-bond donors (Lipinski definition) is 2. The second kappa shape index (κ2) is 5.47. The van der Waals surface area contributed by atoms with Crippen LogP contribution in [0.1, 0.15) is 47.5 Å². The zero-order valence-electron chi connectivity index (χ0n) is 11.1. The standard InChI is InChI=1S/C11H26N2O2S/c1-6-11(7-2,8-12)9-13-16(14,15)10(3,4)5/h13H,6-9,12H2,1-5H3. The zero-order chi connectivity index (χ0) is 13.0. The summed E-state index contributed by atoms with van der Waals surface area (Å²) in [7, 11) is -3.27. The van der Waals surface area contributed by atoms with E-state index in [0.29, 0.717) is 13.1 Å². The molecule has 4 nitrogen and oxygen atoms in total. The highest BCUT2D eigenvalue weighted by molar-refractivity contribution is 7.90. The van der Waals surface area contributed by atoms with Gasteiger partial charge in [-0.1, -0.05) is 13.8 Å². The van der Waals surface area contributed by atoms with Crippen LogP contribution in [0.2, 0.25) is 0 Å². The molecule has 16 heavy (non-hydrogen) atoms. The fourth-order valence-electron chi connectivity index (χ4n) is 1.33. The zero-order valence-corrected chi connectivity index (χ0v) is 11.9. The van der Waals surface area contributed by atoms with E-state index in [0.717, 1.165) is 12.8 Å². The first kappa shape index (κ1) is 15.9. The minimum atomic E-state index is -3.27. The van der Waals surface area contributed by atoms with Gasteiger partial charge in [-0.3, -0.25) is 0 Å². The summed E-state index contributed by atoms with van der Waals surface area (Å²) < 4.78 is 25.7. The normalized spacial score (nSPS) is 14.1. The van der Waals surface area contributed by atoms with Crippen LogP contribution in [0.25, 0.3) is 0 Å². The Labute approximate surface area is 100 Å². The van der Waals surface area contributed by atoms with Crippen LogP contribution >= 0.6 is 0 Å². The Kier molecular flexibility index (Phi) is 5.42. The van der Waals surface area contributed by atoms with Gasteiger partial charge in [0.05, 0.1) is 4.75 Å². The summed E-state index contributed by atoms with van der Waals surface area (Å²) in [5, 5.41) is 0. The molecule has 0 aliphatic heterocycles. The molecule has 98 valence electrons. The first-order chi connectivity index (χ1) is 7.14. The largest absolute Gasteiger partial charge is 0.330 e. The summed E-state index contributed by atoms with van der Waals surface area (Å²) in [5.41, 5.74) is 5.62. The maximum absolute atomic E-state index is 11.9. The quantitative estimate of drug-likeness (QED) is 0.750. The Hall–Kier alpha value is -0.130. The third-order valence-electron chi connectivity index (χ3n) is 3.38. The average molecular weight is 250 g/mol. The minimum absolute atomic E-state index is 0.113. The summed E-state index contributed by atoms with van der Waals surface area (Å²) >= 11 is 0. The van der Waals surface area contributed by atoms with E-state index in [1.165, 1.54) is 0 Å². The Morgan fingerprint density at radius 1 is 1.12 bits per heavy atom. The molecule has 0 aromatic heterocycles. The molecule has 0 aliphatic rings. The second-order valence-electron chi connectivity index (χ2n) is 5.35. The van der Waals surface area contributed by atoms with Crippen molar-refractivity contribution in [2.75, 3.05) is 13.1 Å². The summed E-state index contributed by atoms with van der Waals surface area (Å²) in [6.45, 7) is 10.1. The molecule has 0 spiro atoms. The molecule has 0 aromatic carbocycles. The van der Waals surface area contributed by atoms with Crippen molar-refractivity contribution in [1.29, 1.82) is 0 Å². The van der Waals surface area contributed by atoms with Crippen LogP contribution in [-0.2, 0) is 10.0 Å². The number of nitrogens with one attached hydrogen (secondary N) is 1. The van der Waals surface area contributed by atoms with Crippen molar-refractivity contribution >= 4 is 10.0 Å². The van der Waals surface area contributed by atoms with Crippen molar-refractivity contribution in [1.82, 2.24) is 4.72 Å². The monoisotopic (exact) mass is 250 g/mol. The van der Waals surface area contributed by atoms with Gasteiger partial charge in [0.1, 0.15) is 0 Å². The molecule has 0 heterocycles. The first-order valence-electron chi connectivity index (χ1n) is 5.83. The molecule has 0 radical (unpaired) electrons. The first-order valence-corrected chi connectivity index (χ1v) is 7.31. The highest BCUT2D eigenvalue weighted by atomic mass is 32.2. The fraction of sp³-hybridized carbons (Fsp3) is 1.00. The Morgan fingerprint density at radius 2 is 1.56 bits per heavy atom. The third-order valence-corrected chi connectivity index (χ3v) is 5.51. The molecular weight excluding hydrogens is 224 g/mol. The van der Waals surface area contributed by atoms with Crippen molar-refractivity contribution in [2.24, 2.45) is 11.1 Å². The summed E-state index contributed by atoms with van der Waals surface area (Å²) in [6, 6.07) is 0. The van der Waals surface area contributed by atoms with Crippen LogP contribution in [-0.4, -0.2) is 26.3 Å². The van der Waals surface area contributed by atoms with Crippen molar-refractivity contribution in [3.8, 4) is 0 Å². The molecular formula is C11H26N2O2S. The van der Waals surface area contributed by atoms with E-state index in [9.17, 15) is 8.42 Å². The van der Waals surface area contributed by atoms with E-state index in [2.05, 4.69) is 4.72 Å². The molecule has 0 fully saturated rings. The Morgan fingerprint density at radius 3 is 1.81 bits per heavy atom. The molecule has 0 unspecified atom stereocenters. The van der Waals surface area contributed by atoms with E-state index in [1.807, 2.05) is 13.8 Å². The van der Waals surface area contributed by atoms with E-state index in [4.69, 9.17) is 5.73 Å². The van der Waals surface area contributed by atoms with Crippen LogP contribution < -0.4 is 10.5 Å². The van der Waals surface area contributed by atoms with Crippen LogP contribution in [0.3, 0.4) is 0 Å². The number of nitrogens with two attached hydrogens (primary N) is 1. The molecule has 3 N–H and O–H groups in total. The van der Waals surface area contributed by atoms with Crippen LogP contribution in [0.5, 0.6) is 0 Å². The lowest BCUT2D eigenvalue weighted by molar-refractivity contribution is 0.274. The van der Waals surface area contributed by atoms with Gasteiger partial charge in [0.2, 0.25) is 10.0 Å². The van der Waals surface area contributed by atoms with Gasteiger partial charge in [0, 0.05) is 6.54 Å². The number of sulfonamides is 1. The van der Waals surface area contributed by atoms with Crippen molar-refractivity contribution in [2.45, 2.75) is 52.2 Å². The summed E-state index contributed by atoms with van der Waals surface area (Å²) in [6.07, 6.45) is 1.76. The van der Waals surface area contributed by atoms with Gasteiger partial charge in [0.15, 0.2) is 0 Å². The van der Waals surface area contributed by atoms with Crippen LogP contribution in [0.15, 0.2) is 0 Å². The summed E-state index contributed by atoms with van der Waals surface area (Å²) in [4.78, 5) is 0. The molecule has 0 amide bonds. The predicted molar refractivity (Wildman–Crippen MR) is 68.7 cm³/mol. The predicted octanol–water partition coefficient (Wildman–Crippen LogP) is 1.47. The summed E-state index contributed by atoms with van der Waals surface area (Å²) in [5.74, 6) is 0. The molecule has 0 rings (SSSR count). The van der Waals surface area contributed by atoms with E-state index in [-0.39, 0.29) is 5.41 Å². The van der Waals surface area contributed by atoms with E-state index < -0.39 is 14.8 Å². The fourth-order valence-corrected chi connectivity index (χ4v) is 2.25. The van der Waals surface area contributed by atoms with Gasteiger partial charge in [-0.05, 0) is 45.6 Å². The lowest BCUT2D eigenvalue weighted by atomic mass is 9.83. The van der Waals surface area contributed by atoms with Crippen molar-refractivity contribution in [3.63, 3.8) is 0 Å². The van der Waals surface area contributed by atoms with Crippen LogP contribution in [0, 0.1) is 5.41 Å². The van der Waals surface area contributed by atoms with Crippen LogP contribution in [0.4, 0.5) is 0 Å². The molecule has 0 aromatic rings. The van der Waals surface area contributed by atoms with E-state index in [1.54, 1.807) is 20.8 Å². The molecule has 0 saturated carbocycles. The van der Waals surface area contributed by atoms with Gasteiger partial charge >= 0.3 is 0 Å². The van der Waals surface area contributed by atoms with Gasteiger partial charge in [0.25, 0.3) is 0 Å². The Bertz CT molecular complexity index is 292. The molecule has 0 bridgehead atoms. The van der Waals surface area contributed by atoms with E-state index >= 15 is 0 Å². The van der Waals surface area contributed by atoms with Crippen molar-refractivity contribution in [3.05, 3.63) is 0 Å². The molecule has 0 atom stereocenters. The molecule has 5 heteroatoms. The topological polar surface area (TPSA) is 72.2 Å². The third kappa shape index (κ3) is 3.71. The highest BCUT2D eigenvalue weighted by Gasteiger charge is 2.32. The van der Waals surface area contributed by atoms with Gasteiger partial charge in [-0.2, -0.15) is 0 Å². The van der Waals surface area contributed by atoms with Gasteiger partial charge in [-0.25, -0.2) is 13.1 Å². The SMILES string of the molecule is CCC(CC)(CN)CNS(=O)(=O)C(C)(C)C. The lowest BCUT2D eigenvalue weighted by Crippen LogP contribution is -2.46. The molecule has 0 saturated heterocycles. The minimum Gasteiger partial charge on any atom is -0.330 e. The maximum Gasteiger partial charge on any atom is 0.216 e. The van der Waals surface area contributed by atoms with Crippen molar-refractivity contribution < 1.29 is 8.42 Å². The number of rotatable bonds is 6. The Balaban J connectivity index is 4.68. The van der Waals surface area contributed by atoms with Gasteiger partial charge in [-0.15, -0.1) is 0 Å². The highest BCUT2D eigenvalue weighted by Crippen LogP contribution is 2.25. The second-order valence-corrected chi connectivity index (χ2v) is 7.87. The number of hydrogen-bond acceptors (Lipinski definition) is 3. The average Bonchev–Trinajstić information content (AvgIpc) is 2.19. The molecule has 0 aliphatic carbocycles. The maximum atomic E-state index is 11.9. The smallest absolute Gasteiger partial charge is 0.216 e.